The molecular formula is C11H18N2O. The summed E-state index contributed by atoms with van der Waals surface area (Å²) >= 11 is 0. The summed E-state index contributed by atoms with van der Waals surface area (Å²) in [5.41, 5.74) is 2.25. The number of hydrogen-bond acceptors (Lipinski definition) is 3. The van der Waals surface area contributed by atoms with Gasteiger partial charge in [0, 0.05) is 18.2 Å². The zero-order chi connectivity index (χ0) is 9.97. The van der Waals surface area contributed by atoms with E-state index in [4.69, 9.17) is 4.52 Å². The molecule has 1 aromatic heterocycles. The fraction of sp³-hybridized carbons (Fsp3) is 0.727. The molecule has 78 valence electrons. The van der Waals surface area contributed by atoms with Gasteiger partial charge >= 0.3 is 0 Å². The summed E-state index contributed by atoms with van der Waals surface area (Å²) in [6.07, 6.45) is 5.39. The third-order valence-corrected chi connectivity index (χ3v) is 3.10. The third-order valence-electron chi connectivity index (χ3n) is 3.10. The molecule has 3 nitrogen and oxygen atoms in total. The highest BCUT2D eigenvalue weighted by Gasteiger charge is 2.16. The van der Waals surface area contributed by atoms with E-state index in [9.17, 15) is 0 Å². The summed E-state index contributed by atoms with van der Waals surface area (Å²) < 4.78 is 5.12. The van der Waals surface area contributed by atoms with E-state index in [1.165, 1.54) is 31.2 Å². The van der Waals surface area contributed by atoms with Gasteiger partial charge < -0.3 is 9.84 Å². The molecule has 1 saturated carbocycles. The number of nitrogens with zero attached hydrogens (tertiary/aromatic N) is 1. The molecule has 0 bridgehead atoms. The third kappa shape index (κ3) is 1.98. The standard InChI is InChI=1S/C11H18N2O/c1-8-11(9(2)14-13-8)7-12-10-5-3-4-6-10/h10,12H,3-7H2,1-2H3. The zero-order valence-electron chi connectivity index (χ0n) is 8.97. The molecule has 1 fully saturated rings. The van der Waals surface area contributed by atoms with Gasteiger partial charge in [0.15, 0.2) is 0 Å². The molecule has 0 spiro atoms. The Kier molecular flexibility index (Phi) is 2.87. The van der Waals surface area contributed by atoms with Crippen molar-refractivity contribution in [2.75, 3.05) is 0 Å². The average Bonchev–Trinajstić information content (AvgIpc) is 2.76. The fourth-order valence-corrected chi connectivity index (χ4v) is 2.13. The van der Waals surface area contributed by atoms with Crippen LogP contribution in [0.4, 0.5) is 0 Å². The van der Waals surface area contributed by atoms with Crippen molar-refractivity contribution >= 4 is 0 Å². The van der Waals surface area contributed by atoms with E-state index in [0.717, 1.165) is 18.0 Å². The first-order valence-electron chi connectivity index (χ1n) is 5.42. The van der Waals surface area contributed by atoms with Crippen molar-refractivity contribution in [2.24, 2.45) is 0 Å². The minimum atomic E-state index is 0.712. The number of hydrogen-bond donors (Lipinski definition) is 1. The van der Waals surface area contributed by atoms with Gasteiger partial charge in [0.25, 0.3) is 0 Å². The molecule has 3 heteroatoms. The second kappa shape index (κ2) is 4.13. The van der Waals surface area contributed by atoms with Crippen molar-refractivity contribution in [3.63, 3.8) is 0 Å². The van der Waals surface area contributed by atoms with Gasteiger partial charge in [-0.25, -0.2) is 0 Å². The highest BCUT2D eigenvalue weighted by molar-refractivity contribution is 5.20. The second-order valence-corrected chi connectivity index (χ2v) is 4.17. The summed E-state index contributed by atoms with van der Waals surface area (Å²) in [6.45, 7) is 4.89. The smallest absolute Gasteiger partial charge is 0.138 e. The van der Waals surface area contributed by atoms with Crippen molar-refractivity contribution < 1.29 is 4.52 Å². The molecule has 1 aromatic rings. The van der Waals surface area contributed by atoms with Crippen LogP contribution in [0, 0.1) is 13.8 Å². The maximum Gasteiger partial charge on any atom is 0.138 e. The summed E-state index contributed by atoms with van der Waals surface area (Å²) in [7, 11) is 0. The van der Waals surface area contributed by atoms with E-state index in [2.05, 4.69) is 10.5 Å². The molecular weight excluding hydrogens is 176 g/mol. The van der Waals surface area contributed by atoms with Crippen molar-refractivity contribution in [1.82, 2.24) is 10.5 Å². The molecule has 0 aromatic carbocycles. The summed E-state index contributed by atoms with van der Waals surface area (Å²) in [4.78, 5) is 0. The molecule has 0 radical (unpaired) electrons. The number of nitrogens with one attached hydrogen (secondary N) is 1. The van der Waals surface area contributed by atoms with Gasteiger partial charge in [0.2, 0.25) is 0 Å². The monoisotopic (exact) mass is 194 g/mol. The molecule has 0 aliphatic heterocycles. The van der Waals surface area contributed by atoms with Gasteiger partial charge in [-0.1, -0.05) is 18.0 Å². The van der Waals surface area contributed by atoms with Crippen LogP contribution in [-0.4, -0.2) is 11.2 Å². The van der Waals surface area contributed by atoms with Crippen molar-refractivity contribution in [1.29, 1.82) is 0 Å². The van der Waals surface area contributed by atoms with Crippen LogP contribution in [0.2, 0.25) is 0 Å². The maximum absolute atomic E-state index is 5.12. The first kappa shape index (κ1) is 9.71. The predicted octanol–water partition coefficient (Wildman–Crippen LogP) is 2.32. The topological polar surface area (TPSA) is 38.1 Å². The lowest BCUT2D eigenvalue weighted by atomic mass is 10.2. The SMILES string of the molecule is Cc1noc(C)c1CNC1CCCC1. The molecule has 0 saturated heterocycles. The molecule has 0 atom stereocenters. The minimum absolute atomic E-state index is 0.712. The van der Waals surface area contributed by atoms with Crippen LogP contribution in [0.15, 0.2) is 4.52 Å². The van der Waals surface area contributed by atoms with Crippen LogP contribution in [0.1, 0.15) is 42.7 Å². The molecule has 14 heavy (non-hydrogen) atoms. The Bertz CT molecular complexity index is 281. The lowest BCUT2D eigenvalue weighted by Gasteiger charge is -2.10. The Morgan fingerprint density at radius 2 is 2.07 bits per heavy atom. The Labute approximate surface area is 84.9 Å². The molecule has 2 rings (SSSR count). The number of aromatic nitrogens is 1. The quantitative estimate of drug-likeness (QED) is 0.802. The lowest BCUT2D eigenvalue weighted by Crippen LogP contribution is -2.25. The van der Waals surface area contributed by atoms with E-state index in [1.807, 2.05) is 13.8 Å². The van der Waals surface area contributed by atoms with Crippen molar-refractivity contribution in [2.45, 2.75) is 52.1 Å². The molecule has 1 aliphatic rings. The predicted molar refractivity (Wildman–Crippen MR) is 55.1 cm³/mol. The fourth-order valence-electron chi connectivity index (χ4n) is 2.13. The zero-order valence-corrected chi connectivity index (χ0v) is 8.97. The van der Waals surface area contributed by atoms with Gasteiger partial charge in [0.05, 0.1) is 5.69 Å². The van der Waals surface area contributed by atoms with Gasteiger partial charge in [0.1, 0.15) is 5.76 Å². The van der Waals surface area contributed by atoms with Gasteiger partial charge in [-0.2, -0.15) is 0 Å². The van der Waals surface area contributed by atoms with Gasteiger partial charge in [-0.15, -0.1) is 0 Å². The Morgan fingerprint density at radius 1 is 1.36 bits per heavy atom. The van der Waals surface area contributed by atoms with E-state index in [1.54, 1.807) is 0 Å². The molecule has 0 amide bonds. The Morgan fingerprint density at radius 3 is 2.64 bits per heavy atom. The van der Waals surface area contributed by atoms with Crippen LogP contribution in [-0.2, 0) is 6.54 Å². The molecule has 1 N–H and O–H groups in total. The molecule has 1 heterocycles. The summed E-state index contributed by atoms with van der Waals surface area (Å²) in [6, 6.07) is 0.712. The largest absolute Gasteiger partial charge is 0.361 e. The molecule has 0 unspecified atom stereocenters. The number of rotatable bonds is 3. The van der Waals surface area contributed by atoms with Crippen molar-refractivity contribution in [3.8, 4) is 0 Å². The van der Waals surface area contributed by atoms with E-state index >= 15 is 0 Å². The van der Waals surface area contributed by atoms with Crippen LogP contribution in [0.5, 0.6) is 0 Å². The minimum Gasteiger partial charge on any atom is -0.361 e. The average molecular weight is 194 g/mol. The lowest BCUT2D eigenvalue weighted by molar-refractivity contribution is 0.391. The summed E-state index contributed by atoms with van der Waals surface area (Å²) in [5.74, 6) is 0.952. The normalized spacial score (nSPS) is 17.9. The highest BCUT2D eigenvalue weighted by Crippen LogP contribution is 2.19. The van der Waals surface area contributed by atoms with Gasteiger partial charge in [-0.3, -0.25) is 0 Å². The second-order valence-electron chi connectivity index (χ2n) is 4.17. The van der Waals surface area contributed by atoms with Crippen LogP contribution >= 0.6 is 0 Å². The highest BCUT2D eigenvalue weighted by atomic mass is 16.5. The van der Waals surface area contributed by atoms with E-state index < -0.39 is 0 Å². The van der Waals surface area contributed by atoms with Gasteiger partial charge in [-0.05, 0) is 26.7 Å². The summed E-state index contributed by atoms with van der Waals surface area (Å²) in [5, 5.41) is 7.51. The first-order chi connectivity index (χ1) is 6.77. The first-order valence-corrected chi connectivity index (χ1v) is 5.42. The van der Waals surface area contributed by atoms with Crippen molar-refractivity contribution in [3.05, 3.63) is 17.0 Å². The van der Waals surface area contributed by atoms with Crippen LogP contribution < -0.4 is 5.32 Å². The van der Waals surface area contributed by atoms with Crippen LogP contribution in [0.25, 0.3) is 0 Å². The Balaban J connectivity index is 1.90. The maximum atomic E-state index is 5.12. The van der Waals surface area contributed by atoms with Crippen LogP contribution in [0.3, 0.4) is 0 Å². The Hall–Kier alpha value is -0.830. The van der Waals surface area contributed by atoms with E-state index in [-0.39, 0.29) is 0 Å². The van der Waals surface area contributed by atoms with E-state index in [0.29, 0.717) is 6.04 Å². The molecule has 1 aliphatic carbocycles. The number of aryl methyl sites for hydroxylation is 2.